The fraction of sp³-hybridized carbons (Fsp3) is 0.722. The summed E-state index contributed by atoms with van der Waals surface area (Å²) < 4.78 is 5.61. The van der Waals surface area contributed by atoms with Crippen molar-refractivity contribution in [3.63, 3.8) is 0 Å². The molecule has 1 N–H and O–H groups in total. The van der Waals surface area contributed by atoms with Crippen LogP contribution < -0.4 is 5.32 Å². The molecule has 1 spiro atoms. The molecule has 128 valence electrons. The Hall–Kier alpha value is -1.07. The van der Waals surface area contributed by atoms with Gasteiger partial charge in [-0.15, -0.1) is 11.3 Å². The molecule has 2 aliphatic heterocycles. The summed E-state index contributed by atoms with van der Waals surface area (Å²) in [5.41, 5.74) is 0.775. The molecule has 0 aliphatic carbocycles. The number of fused-ring (bicyclic) bond motifs is 2. The van der Waals surface area contributed by atoms with Crippen molar-refractivity contribution >= 4 is 17.4 Å². The Bertz CT molecular complexity index is 602. The molecule has 5 heteroatoms. The fourth-order valence-corrected chi connectivity index (χ4v) is 5.01. The first-order valence-electron chi connectivity index (χ1n) is 8.46. The Balaban J connectivity index is 1.83. The van der Waals surface area contributed by atoms with Crippen LogP contribution in [0.5, 0.6) is 0 Å². The third-order valence-corrected chi connectivity index (χ3v) is 5.90. The van der Waals surface area contributed by atoms with Crippen LogP contribution in [-0.2, 0) is 16.7 Å². The Morgan fingerprint density at radius 2 is 2.13 bits per heavy atom. The molecular weight excluding hydrogens is 308 g/mol. The van der Waals surface area contributed by atoms with Crippen molar-refractivity contribution in [2.24, 2.45) is 0 Å². The number of amides is 1. The Morgan fingerprint density at radius 3 is 2.78 bits per heavy atom. The maximum absolute atomic E-state index is 12.6. The first kappa shape index (κ1) is 16.8. The van der Waals surface area contributed by atoms with E-state index in [4.69, 9.17) is 4.74 Å². The van der Waals surface area contributed by atoms with Gasteiger partial charge in [-0.3, -0.25) is 0 Å². The zero-order valence-electron chi connectivity index (χ0n) is 14.9. The van der Waals surface area contributed by atoms with Gasteiger partial charge in [0.05, 0.1) is 0 Å². The second kappa shape index (κ2) is 5.49. The van der Waals surface area contributed by atoms with E-state index < -0.39 is 5.60 Å². The molecular formula is C18H28N2O2S. The third kappa shape index (κ3) is 3.13. The fourth-order valence-electron chi connectivity index (χ4n) is 4.04. The van der Waals surface area contributed by atoms with Crippen LogP contribution in [-0.4, -0.2) is 35.2 Å². The van der Waals surface area contributed by atoms with E-state index in [9.17, 15) is 4.79 Å². The van der Waals surface area contributed by atoms with Crippen molar-refractivity contribution in [2.45, 2.75) is 70.6 Å². The van der Waals surface area contributed by atoms with Crippen molar-refractivity contribution in [1.29, 1.82) is 0 Å². The van der Waals surface area contributed by atoms with Gasteiger partial charge in [-0.2, -0.15) is 0 Å². The van der Waals surface area contributed by atoms with Crippen LogP contribution in [0, 0.1) is 0 Å². The van der Waals surface area contributed by atoms with Crippen molar-refractivity contribution in [2.75, 3.05) is 13.1 Å². The van der Waals surface area contributed by atoms with Gasteiger partial charge in [-0.1, -0.05) is 0 Å². The average molecular weight is 337 g/mol. The molecule has 1 aromatic heterocycles. The first-order valence-corrected chi connectivity index (χ1v) is 9.34. The van der Waals surface area contributed by atoms with E-state index in [1.165, 1.54) is 10.4 Å². The number of piperidine rings is 1. The SMILES string of the molecule is CC(C)(C)OC(=O)N1CCC2(CC1(C)C)NCCc1sccc12. The molecule has 3 rings (SSSR count). The number of thiophene rings is 1. The highest BCUT2D eigenvalue weighted by Crippen LogP contribution is 2.45. The summed E-state index contributed by atoms with van der Waals surface area (Å²) in [6.45, 7) is 11.8. The van der Waals surface area contributed by atoms with Crippen LogP contribution in [0.1, 0.15) is 57.9 Å². The summed E-state index contributed by atoms with van der Waals surface area (Å²) in [5, 5.41) is 5.97. The number of nitrogens with one attached hydrogen (secondary N) is 1. The van der Waals surface area contributed by atoms with E-state index in [2.05, 4.69) is 30.6 Å². The second-order valence-electron chi connectivity index (χ2n) is 8.39. The largest absolute Gasteiger partial charge is 0.444 e. The van der Waals surface area contributed by atoms with Gasteiger partial charge < -0.3 is 15.0 Å². The summed E-state index contributed by atoms with van der Waals surface area (Å²) in [7, 11) is 0. The molecule has 1 atom stereocenters. The topological polar surface area (TPSA) is 41.6 Å². The predicted molar refractivity (Wildman–Crippen MR) is 94.0 cm³/mol. The number of ether oxygens (including phenoxy) is 1. The van der Waals surface area contributed by atoms with Gasteiger partial charge in [-0.25, -0.2) is 4.79 Å². The molecule has 2 aliphatic rings. The summed E-state index contributed by atoms with van der Waals surface area (Å²) in [4.78, 5) is 16.0. The number of carbonyl (C=O) groups excluding carboxylic acids is 1. The van der Waals surface area contributed by atoms with Crippen LogP contribution in [0.25, 0.3) is 0 Å². The number of carbonyl (C=O) groups is 1. The Kier molecular flexibility index (Phi) is 4.00. The van der Waals surface area contributed by atoms with Gasteiger partial charge in [0, 0.05) is 29.0 Å². The monoisotopic (exact) mass is 336 g/mol. The molecule has 23 heavy (non-hydrogen) atoms. The van der Waals surface area contributed by atoms with Crippen LogP contribution >= 0.6 is 11.3 Å². The van der Waals surface area contributed by atoms with Crippen LogP contribution in [0.15, 0.2) is 11.4 Å². The standard InChI is InChI=1S/C18H28N2O2S/c1-16(2,3)22-15(21)20-10-8-18(12-17(20,4)5)13-7-11-23-14(13)6-9-19-18/h7,11,19H,6,8-10,12H2,1-5H3. The highest BCUT2D eigenvalue weighted by Gasteiger charge is 2.49. The summed E-state index contributed by atoms with van der Waals surface area (Å²) in [5.74, 6) is 0. The number of nitrogens with zero attached hydrogens (tertiary/aromatic N) is 1. The maximum Gasteiger partial charge on any atom is 0.410 e. The lowest BCUT2D eigenvalue weighted by Crippen LogP contribution is -2.62. The number of hydrogen-bond acceptors (Lipinski definition) is 4. The molecule has 1 unspecified atom stereocenters. The normalized spacial score (nSPS) is 26.9. The molecule has 0 aromatic carbocycles. The highest BCUT2D eigenvalue weighted by atomic mass is 32.1. The summed E-state index contributed by atoms with van der Waals surface area (Å²) in [6, 6.07) is 2.27. The molecule has 0 bridgehead atoms. The second-order valence-corrected chi connectivity index (χ2v) is 9.39. The molecule has 1 amide bonds. The van der Waals surface area contributed by atoms with E-state index in [1.54, 1.807) is 0 Å². The molecule has 1 saturated heterocycles. The first-order chi connectivity index (χ1) is 10.6. The van der Waals surface area contributed by atoms with Crippen molar-refractivity contribution < 1.29 is 9.53 Å². The number of likely N-dealkylation sites (tertiary alicyclic amines) is 1. The van der Waals surface area contributed by atoms with Crippen molar-refractivity contribution in [3.8, 4) is 0 Å². The third-order valence-electron chi connectivity index (χ3n) is 4.92. The van der Waals surface area contributed by atoms with E-state index in [0.717, 1.165) is 32.4 Å². The van der Waals surface area contributed by atoms with Crippen LogP contribution in [0.3, 0.4) is 0 Å². The van der Waals surface area contributed by atoms with Crippen molar-refractivity contribution in [3.05, 3.63) is 21.9 Å². The summed E-state index contributed by atoms with van der Waals surface area (Å²) in [6.07, 6.45) is 2.78. The highest BCUT2D eigenvalue weighted by molar-refractivity contribution is 7.10. The van der Waals surface area contributed by atoms with Gasteiger partial charge in [0.2, 0.25) is 0 Å². The van der Waals surface area contributed by atoms with Crippen LogP contribution in [0.4, 0.5) is 4.79 Å². The minimum atomic E-state index is -0.452. The Labute approximate surface area is 143 Å². The quantitative estimate of drug-likeness (QED) is 0.781. The van der Waals surface area contributed by atoms with Gasteiger partial charge in [-0.05, 0) is 70.9 Å². The zero-order valence-corrected chi connectivity index (χ0v) is 15.7. The van der Waals surface area contributed by atoms with Crippen LogP contribution in [0.2, 0.25) is 0 Å². The molecule has 4 nitrogen and oxygen atoms in total. The number of rotatable bonds is 0. The zero-order chi connectivity index (χ0) is 16.9. The van der Waals surface area contributed by atoms with Gasteiger partial charge in [0.1, 0.15) is 5.60 Å². The van der Waals surface area contributed by atoms with Gasteiger partial charge in [0.15, 0.2) is 0 Å². The van der Waals surface area contributed by atoms with E-state index in [0.29, 0.717) is 0 Å². The smallest absolute Gasteiger partial charge is 0.410 e. The number of hydrogen-bond donors (Lipinski definition) is 1. The molecule has 0 radical (unpaired) electrons. The lowest BCUT2D eigenvalue weighted by molar-refractivity contribution is -0.0249. The predicted octanol–water partition coefficient (Wildman–Crippen LogP) is 3.90. The minimum absolute atomic E-state index is 0.00952. The lowest BCUT2D eigenvalue weighted by atomic mass is 9.71. The Morgan fingerprint density at radius 1 is 1.39 bits per heavy atom. The molecule has 3 heterocycles. The molecule has 1 aromatic rings. The molecule has 0 saturated carbocycles. The minimum Gasteiger partial charge on any atom is -0.444 e. The lowest BCUT2D eigenvalue weighted by Gasteiger charge is -2.53. The van der Waals surface area contributed by atoms with Gasteiger partial charge >= 0.3 is 6.09 Å². The average Bonchev–Trinajstić information content (AvgIpc) is 2.85. The van der Waals surface area contributed by atoms with E-state index in [-0.39, 0.29) is 17.2 Å². The van der Waals surface area contributed by atoms with E-state index in [1.807, 2.05) is 37.0 Å². The molecule has 1 fully saturated rings. The van der Waals surface area contributed by atoms with Gasteiger partial charge in [0.25, 0.3) is 0 Å². The summed E-state index contributed by atoms with van der Waals surface area (Å²) >= 11 is 1.86. The maximum atomic E-state index is 12.6. The van der Waals surface area contributed by atoms with Crippen molar-refractivity contribution in [1.82, 2.24) is 10.2 Å². The van der Waals surface area contributed by atoms with E-state index >= 15 is 0 Å².